The van der Waals surface area contributed by atoms with Crippen molar-refractivity contribution in [3.63, 3.8) is 0 Å². The number of aromatic nitrogens is 1. The van der Waals surface area contributed by atoms with Crippen LogP contribution in [0.4, 0.5) is 17.1 Å². The predicted molar refractivity (Wildman–Crippen MR) is 215 cm³/mol. The number of para-hydroxylation sites is 1. The summed E-state index contributed by atoms with van der Waals surface area (Å²) in [6.45, 7) is 0. The molecule has 10 aromatic rings. The zero-order valence-corrected chi connectivity index (χ0v) is 28.3. The molecule has 0 aliphatic carbocycles. The fourth-order valence-electron chi connectivity index (χ4n) is 7.24. The topological polar surface area (TPSA) is 29.3 Å². The first kappa shape index (κ1) is 29.4. The zero-order valence-electron chi connectivity index (χ0n) is 27.5. The lowest BCUT2D eigenvalue weighted by molar-refractivity contribution is 0.620. The molecule has 240 valence electrons. The Kier molecular flexibility index (Phi) is 7.00. The van der Waals surface area contributed by atoms with Gasteiger partial charge in [-0.1, -0.05) is 121 Å². The second kappa shape index (κ2) is 12.1. The van der Waals surface area contributed by atoms with Gasteiger partial charge in [0.2, 0.25) is 5.89 Å². The smallest absolute Gasteiger partial charge is 0.227 e. The van der Waals surface area contributed by atoms with Gasteiger partial charge in [0.1, 0.15) is 5.52 Å². The lowest BCUT2D eigenvalue weighted by Gasteiger charge is -2.26. The van der Waals surface area contributed by atoms with Gasteiger partial charge in [-0.3, -0.25) is 0 Å². The highest BCUT2D eigenvalue weighted by Crippen LogP contribution is 2.42. The number of fused-ring (bicyclic) bond motifs is 5. The van der Waals surface area contributed by atoms with Crippen molar-refractivity contribution in [2.75, 3.05) is 4.90 Å². The van der Waals surface area contributed by atoms with Crippen molar-refractivity contribution < 1.29 is 4.42 Å². The van der Waals surface area contributed by atoms with E-state index >= 15 is 0 Å². The first-order valence-corrected chi connectivity index (χ1v) is 17.9. The van der Waals surface area contributed by atoms with Gasteiger partial charge in [0.15, 0.2) is 5.58 Å². The molecule has 3 nitrogen and oxygen atoms in total. The van der Waals surface area contributed by atoms with E-state index in [1.54, 1.807) is 0 Å². The molecule has 8 aromatic carbocycles. The van der Waals surface area contributed by atoms with Crippen LogP contribution in [0.2, 0.25) is 0 Å². The van der Waals surface area contributed by atoms with Crippen LogP contribution in [-0.4, -0.2) is 4.98 Å². The van der Waals surface area contributed by atoms with E-state index in [0.29, 0.717) is 5.89 Å². The van der Waals surface area contributed by atoms with Crippen molar-refractivity contribution in [2.45, 2.75) is 0 Å². The molecule has 0 amide bonds. The van der Waals surface area contributed by atoms with E-state index in [1.165, 1.54) is 42.1 Å². The summed E-state index contributed by atoms with van der Waals surface area (Å²) in [4.78, 5) is 7.29. The van der Waals surface area contributed by atoms with Crippen LogP contribution in [0.1, 0.15) is 0 Å². The largest absolute Gasteiger partial charge is 0.436 e. The van der Waals surface area contributed by atoms with Crippen LogP contribution < -0.4 is 4.90 Å². The molecule has 51 heavy (non-hydrogen) atoms. The van der Waals surface area contributed by atoms with E-state index < -0.39 is 0 Å². The summed E-state index contributed by atoms with van der Waals surface area (Å²) < 4.78 is 8.77. The van der Waals surface area contributed by atoms with Gasteiger partial charge >= 0.3 is 0 Å². The fourth-order valence-corrected chi connectivity index (χ4v) is 8.38. The summed E-state index contributed by atoms with van der Waals surface area (Å²) in [5.74, 6) is 0.629. The first-order valence-electron chi connectivity index (χ1n) is 17.1. The molecule has 0 aliphatic heterocycles. The number of anilines is 3. The van der Waals surface area contributed by atoms with E-state index in [1.807, 2.05) is 53.8 Å². The third-order valence-corrected chi connectivity index (χ3v) is 10.9. The summed E-state index contributed by atoms with van der Waals surface area (Å²) in [6, 6.07) is 64.6. The van der Waals surface area contributed by atoms with Crippen LogP contribution >= 0.6 is 11.3 Å². The summed E-state index contributed by atoms with van der Waals surface area (Å²) in [6.07, 6.45) is 0. The van der Waals surface area contributed by atoms with E-state index in [-0.39, 0.29) is 0 Å². The minimum absolute atomic E-state index is 0.629. The highest BCUT2D eigenvalue weighted by atomic mass is 32.1. The SMILES string of the molecule is c1ccc(-c2nc3c(-c4ccc(N(c5ccc(-c6cccc7ccccc67)cc5)c5ccc6c(c5)sc5ccccc56)cc4)cccc3o2)cc1. The van der Waals surface area contributed by atoms with Crippen LogP contribution in [0.25, 0.3) is 75.8 Å². The molecule has 0 unspecified atom stereocenters. The van der Waals surface area contributed by atoms with Gasteiger partial charge in [-0.2, -0.15) is 0 Å². The van der Waals surface area contributed by atoms with Crippen molar-refractivity contribution in [2.24, 2.45) is 0 Å². The Morgan fingerprint density at radius 3 is 1.84 bits per heavy atom. The third kappa shape index (κ3) is 5.16. The average Bonchev–Trinajstić information content (AvgIpc) is 3.81. The maximum atomic E-state index is 6.20. The minimum atomic E-state index is 0.629. The molecule has 0 fully saturated rings. The first-order chi connectivity index (χ1) is 25.3. The zero-order chi connectivity index (χ0) is 33.7. The molecule has 0 bridgehead atoms. The van der Waals surface area contributed by atoms with Crippen molar-refractivity contribution in [3.8, 4) is 33.7 Å². The van der Waals surface area contributed by atoms with E-state index in [0.717, 1.165) is 44.9 Å². The summed E-state index contributed by atoms with van der Waals surface area (Å²) in [7, 11) is 0. The molecule has 2 heterocycles. The van der Waals surface area contributed by atoms with Crippen molar-refractivity contribution in [3.05, 3.63) is 182 Å². The molecule has 0 atom stereocenters. The number of hydrogen-bond donors (Lipinski definition) is 0. The Bertz CT molecular complexity index is 2850. The Labute approximate surface area is 299 Å². The lowest BCUT2D eigenvalue weighted by atomic mass is 9.98. The van der Waals surface area contributed by atoms with Gasteiger partial charge in [-0.25, -0.2) is 4.98 Å². The normalized spacial score (nSPS) is 11.5. The maximum Gasteiger partial charge on any atom is 0.227 e. The average molecular weight is 671 g/mol. The van der Waals surface area contributed by atoms with Crippen molar-refractivity contribution in [1.29, 1.82) is 0 Å². The second-order valence-corrected chi connectivity index (χ2v) is 13.9. The molecule has 0 aliphatic rings. The molecular formula is C47H30N2OS. The monoisotopic (exact) mass is 670 g/mol. The predicted octanol–water partition coefficient (Wildman–Crippen LogP) is 13.8. The van der Waals surface area contributed by atoms with Crippen molar-refractivity contribution >= 4 is 70.4 Å². The summed E-state index contributed by atoms with van der Waals surface area (Å²) in [5, 5.41) is 5.09. The Morgan fingerprint density at radius 2 is 1.04 bits per heavy atom. The molecular weight excluding hydrogens is 641 g/mol. The van der Waals surface area contributed by atoms with Gasteiger partial charge in [0.05, 0.1) is 0 Å². The van der Waals surface area contributed by atoms with Gasteiger partial charge in [-0.05, 0) is 88.1 Å². The van der Waals surface area contributed by atoms with E-state index in [4.69, 9.17) is 9.40 Å². The highest BCUT2D eigenvalue weighted by Gasteiger charge is 2.17. The Morgan fingerprint density at radius 1 is 0.431 bits per heavy atom. The molecule has 4 heteroatoms. The Hall–Kier alpha value is -6.49. The van der Waals surface area contributed by atoms with E-state index in [2.05, 4.69) is 144 Å². The number of hydrogen-bond acceptors (Lipinski definition) is 4. The van der Waals surface area contributed by atoms with Gasteiger partial charge in [-0.15, -0.1) is 11.3 Å². The van der Waals surface area contributed by atoms with Crippen molar-refractivity contribution in [1.82, 2.24) is 4.98 Å². The highest BCUT2D eigenvalue weighted by molar-refractivity contribution is 7.25. The van der Waals surface area contributed by atoms with Gasteiger partial charge in [0.25, 0.3) is 0 Å². The molecule has 0 spiro atoms. The number of nitrogens with zero attached hydrogens (tertiary/aromatic N) is 2. The number of oxazole rings is 1. The molecule has 0 saturated carbocycles. The molecule has 2 aromatic heterocycles. The standard InChI is InChI=1S/C47H30N2OS/c1-2-11-34(12-3-1)47-48-46-40(17-9-18-43(46)50-47)33-22-26-36(27-23-33)49(37-28-29-42-41-15-6-7-19-44(41)51-45(42)30-37)35-24-20-32(21-25-35)39-16-8-13-31-10-4-5-14-38(31)39/h1-30H. The molecule has 0 radical (unpaired) electrons. The molecule has 0 saturated heterocycles. The molecule has 10 rings (SSSR count). The molecule has 0 N–H and O–H groups in total. The third-order valence-electron chi connectivity index (χ3n) is 9.72. The van der Waals surface area contributed by atoms with Gasteiger partial charge < -0.3 is 9.32 Å². The quantitative estimate of drug-likeness (QED) is 0.176. The van der Waals surface area contributed by atoms with Crippen LogP contribution in [0, 0.1) is 0 Å². The number of rotatable bonds is 6. The van der Waals surface area contributed by atoms with Crippen LogP contribution in [-0.2, 0) is 0 Å². The second-order valence-electron chi connectivity index (χ2n) is 12.8. The lowest BCUT2D eigenvalue weighted by Crippen LogP contribution is -2.09. The summed E-state index contributed by atoms with van der Waals surface area (Å²) >= 11 is 1.84. The van der Waals surface area contributed by atoms with E-state index in [9.17, 15) is 0 Å². The Balaban J connectivity index is 1.07. The summed E-state index contributed by atoms with van der Waals surface area (Å²) in [5.41, 5.74) is 10.5. The number of benzene rings is 8. The van der Waals surface area contributed by atoms with Crippen LogP contribution in [0.15, 0.2) is 186 Å². The van der Waals surface area contributed by atoms with Gasteiger partial charge in [0, 0.05) is 48.4 Å². The minimum Gasteiger partial charge on any atom is -0.436 e. The number of thiophene rings is 1. The van der Waals surface area contributed by atoms with Crippen LogP contribution in [0.3, 0.4) is 0 Å². The fraction of sp³-hybridized carbons (Fsp3) is 0. The maximum absolute atomic E-state index is 6.20. The van der Waals surface area contributed by atoms with Crippen LogP contribution in [0.5, 0.6) is 0 Å².